The van der Waals surface area contributed by atoms with Crippen LogP contribution in [-0.4, -0.2) is 49.2 Å². The first kappa shape index (κ1) is 21.9. The maximum Gasteiger partial charge on any atom is 0.205 e. The van der Waals surface area contributed by atoms with Crippen molar-refractivity contribution in [3.05, 3.63) is 65.5 Å². The summed E-state index contributed by atoms with van der Waals surface area (Å²) in [5, 5.41) is 10.3. The highest BCUT2D eigenvalue weighted by Crippen LogP contribution is 2.25. The molecule has 0 radical (unpaired) electrons. The van der Waals surface area contributed by atoms with E-state index in [2.05, 4.69) is 47.2 Å². The van der Waals surface area contributed by atoms with Crippen molar-refractivity contribution in [2.45, 2.75) is 37.5 Å². The van der Waals surface area contributed by atoms with Crippen molar-refractivity contribution >= 4 is 27.6 Å². The Labute approximate surface area is 190 Å². The molecule has 2 aromatic carbocycles. The molecule has 1 N–H and O–H groups in total. The summed E-state index contributed by atoms with van der Waals surface area (Å²) in [7, 11) is -1.15. The van der Waals surface area contributed by atoms with Gasteiger partial charge in [-0.2, -0.15) is 4.37 Å². The second-order valence-electron chi connectivity index (χ2n) is 8.78. The Hall–Kier alpha value is -2.29. The molecular weight excluding hydrogens is 428 g/mol. The second-order valence-corrected chi connectivity index (χ2v) is 11.0. The summed E-state index contributed by atoms with van der Waals surface area (Å²) in [6.45, 7) is 9.55. The minimum atomic E-state index is -1.15. The van der Waals surface area contributed by atoms with E-state index in [1.807, 2.05) is 28.6 Å². The molecule has 1 saturated heterocycles. The van der Waals surface area contributed by atoms with Crippen LogP contribution in [0.1, 0.15) is 37.7 Å². The number of anilines is 1. The normalized spacial score (nSPS) is 16.4. The quantitative estimate of drug-likeness (QED) is 0.629. The van der Waals surface area contributed by atoms with Gasteiger partial charge in [-0.25, -0.2) is 13.5 Å². The molecule has 2 heterocycles. The molecule has 1 atom stereocenters. The van der Waals surface area contributed by atoms with Gasteiger partial charge in [-0.05, 0) is 40.8 Å². The molecule has 164 valence electrons. The van der Waals surface area contributed by atoms with E-state index < -0.39 is 11.0 Å². The van der Waals surface area contributed by atoms with Crippen LogP contribution in [-0.2, 0) is 22.8 Å². The average molecular weight is 457 g/mol. The van der Waals surface area contributed by atoms with Crippen LogP contribution in [0.5, 0.6) is 5.75 Å². The van der Waals surface area contributed by atoms with Gasteiger partial charge in [-0.1, -0.05) is 45.0 Å². The van der Waals surface area contributed by atoms with E-state index in [0.717, 1.165) is 47.6 Å². The van der Waals surface area contributed by atoms with Crippen molar-refractivity contribution in [1.82, 2.24) is 13.7 Å². The van der Waals surface area contributed by atoms with Crippen molar-refractivity contribution in [2.75, 3.05) is 31.1 Å². The number of aromatic hydroxyl groups is 1. The fourth-order valence-electron chi connectivity index (χ4n) is 3.51. The molecule has 0 saturated carbocycles. The fourth-order valence-corrected chi connectivity index (χ4v) is 5.41. The van der Waals surface area contributed by atoms with E-state index in [-0.39, 0.29) is 11.2 Å². The molecule has 1 aliphatic rings. The van der Waals surface area contributed by atoms with Gasteiger partial charge >= 0.3 is 0 Å². The molecule has 0 bridgehead atoms. The molecule has 1 aromatic heterocycles. The molecule has 8 heteroatoms. The van der Waals surface area contributed by atoms with Crippen LogP contribution in [0.4, 0.5) is 5.13 Å². The zero-order valence-electron chi connectivity index (χ0n) is 18.1. The lowest BCUT2D eigenvalue weighted by Gasteiger charge is -2.33. The molecule has 0 amide bonds. The average Bonchev–Trinajstić information content (AvgIpc) is 3.23. The van der Waals surface area contributed by atoms with Gasteiger partial charge in [-0.15, -0.1) is 0 Å². The Balaban J connectivity index is 1.34. The summed E-state index contributed by atoms with van der Waals surface area (Å²) in [5.74, 6) is 1.05. The molecular formula is C23H28N4O2S2. The van der Waals surface area contributed by atoms with Crippen molar-refractivity contribution in [2.24, 2.45) is 0 Å². The molecule has 31 heavy (non-hydrogen) atoms. The third-order valence-corrected chi connectivity index (χ3v) is 7.75. The molecule has 0 spiro atoms. The highest BCUT2D eigenvalue weighted by molar-refractivity contribution is 7.82. The first-order chi connectivity index (χ1) is 14.8. The van der Waals surface area contributed by atoms with Gasteiger partial charge in [0, 0.05) is 44.1 Å². The van der Waals surface area contributed by atoms with E-state index in [4.69, 9.17) is 0 Å². The first-order valence-corrected chi connectivity index (χ1v) is 12.3. The Morgan fingerprint density at radius 1 is 1.00 bits per heavy atom. The summed E-state index contributed by atoms with van der Waals surface area (Å²) < 4.78 is 19.5. The summed E-state index contributed by atoms with van der Waals surface area (Å²) in [5.41, 5.74) is 2.41. The predicted octanol–water partition coefficient (Wildman–Crippen LogP) is 3.98. The van der Waals surface area contributed by atoms with Crippen molar-refractivity contribution in [3.63, 3.8) is 0 Å². The zero-order chi connectivity index (χ0) is 22.0. The Morgan fingerprint density at radius 3 is 2.26 bits per heavy atom. The lowest BCUT2D eigenvalue weighted by Crippen LogP contribution is -2.46. The zero-order valence-corrected chi connectivity index (χ0v) is 19.7. The lowest BCUT2D eigenvalue weighted by atomic mass is 9.87. The van der Waals surface area contributed by atoms with E-state index in [1.165, 1.54) is 17.1 Å². The Kier molecular flexibility index (Phi) is 6.41. The van der Waals surface area contributed by atoms with Crippen LogP contribution in [0.2, 0.25) is 0 Å². The number of hydrogen-bond donors (Lipinski definition) is 1. The van der Waals surface area contributed by atoms with Crippen LogP contribution >= 0.6 is 11.5 Å². The van der Waals surface area contributed by atoms with Gasteiger partial charge in [0.25, 0.3) is 0 Å². The van der Waals surface area contributed by atoms with Gasteiger partial charge in [0.1, 0.15) is 22.6 Å². The molecule has 1 unspecified atom stereocenters. The topological polar surface area (TPSA) is 69.6 Å². The maximum atomic E-state index is 13.0. The predicted molar refractivity (Wildman–Crippen MR) is 126 cm³/mol. The van der Waals surface area contributed by atoms with E-state index in [0.29, 0.717) is 6.42 Å². The van der Waals surface area contributed by atoms with Gasteiger partial charge in [0.05, 0.1) is 4.90 Å². The smallest absolute Gasteiger partial charge is 0.205 e. The van der Waals surface area contributed by atoms with Gasteiger partial charge in [-0.3, -0.25) is 0 Å². The van der Waals surface area contributed by atoms with Gasteiger partial charge in [0.15, 0.2) is 0 Å². The Bertz CT molecular complexity index is 1030. The van der Waals surface area contributed by atoms with E-state index in [9.17, 15) is 9.32 Å². The SMILES string of the molecule is CC(C)(C)c1ccc(S(=O)N2CCN(c3nc(Cc4ccc(O)cc4)ns3)CC2)cc1. The Morgan fingerprint density at radius 2 is 1.65 bits per heavy atom. The highest BCUT2D eigenvalue weighted by atomic mass is 32.2. The number of phenolic OH excluding ortho intramolecular Hbond substituents is 1. The molecule has 4 rings (SSSR count). The number of hydrogen-bond acceptors (Lipinski definition) is 6. The number of phenols is 1. The summed E-state index contributed by atoms with van der Waals surface area (Å²) in [6.07, 6.45) is 0.644. The van der Waals surface area contributed by atoms with Crippen molar-refractivity contribution in [3.8, 4) is 5.75 Å². The second kappa shape index (κ2) is 9.06. The number of aromatic nitrogens is 2. The number of piperazine rings is 1. The number of nitrogens with zero attached hydrogens (tertiary/aromatic N) is 4. The van der Waals surface area contributed by atoms with Crippen molar-refractivity contribution in [1.29, 1.82) is 0 Å². The number of benzene rings is 2. The molecule has 1 fully saturated rings. The highest BCUT2D eigenvalue weighted by Gasteiger charge is 2.24. The largest absolute Gasteiger partial charge is 0.508 e. The summed E-state index contributed by atoms with van der Waals surface area (Å²) in [4.78, 5) is 7.76. The van der Waals surface area contributed by atoms with Crippen LogP contribution in [0.15, 0.2) is 53.4 Å². The third kappa shape index (κ3) is 5.31. The van der Waals surface area contributed by atoms with E-state index >= 15 is 0 Å². The summed E-state index contributed by atoms with van der Waals surface area (Å²) in [6, 6.07) is 15.3. The fraction of sp³-hybridized carbons (Fsp3) is 0.391. The molecule has 3 aromatic rings. The molecule has 1 aliphatic heterocycles. The summed E-state index contributed by atoms with van der Waals surface area (Å²) >= 11 is 1.41. The lowest BCUT2D eigenvalue weighted by molar-refractivity contribution is 0.410. The first-order valence-electron chi connectivity index (χ1n) is 10.4. The number of rotatable bonds is 5. The minimum absolute atomic E-state index is 0.0918. The molecule has 6 nitrogen and oxygen atoms in total. The van der Waals surface area contributed by atoms with Crippen LogP contribution in [0.3, 0.4) is 0 Å². The third-order valence-electron chi connectivity index (χ3n) is 5.42. The minimum Gasteiger partial charge on any atom is -0.508 e. The maximum absolute atomic E-state index is 13.0. The van der Waals surface area contributed by atoms with Crippen LogP contribution in [0, 0.1) is 0 Å². The van der Waals surface area contributed by atoms with Crippen LogP contribution in [0.25, 0.3) is 0 Å². The van der Waals surface area contributed by atoms with Crippen molar-refractivity contribution < 1.29 is 9.32 Å². The standard InChI is InChI=1S/C23H28N4O2S2/c1-23(2,3)18-6-10-20(11-7-18)31(29)27-14-12-26(13-15-27)22-24-21(25-30-22)16-17-4-8-19(28)9-5-17/h4-11,28H,12-16H2,1-3H3. The van der Waals surface area contributed by atoms with E-state index in [1.54, 1.807) is 12.1 Å². The molecule has 0 aliphatic carbocycles. The monoisotopic (exact) mass is 456 g/mol. The van der Waals surface area contributed by atoms with Crippen LogP contribution < -0.4 is 4.90 Å². The van der Waals surface area contributed by atoms with Gasteiger partial charge < -0.3 is 10.0 Å². The van der Waals surface area contributed by atoms with Gasteiger partial charge in [0.2, 0.25) is 5.13 Å².